The third-order valence-electron chi connectivity index (χ3n) is 5.14. The van der Waals surface area contributed by atoms with Crippen LogP contribution >= 0.6 is 0 Å². The summed E-state index contributed by atoms with van der Waals surface area (Å²) < 4.78 is 6.21. The quantitative estimate of drug-likeness (QED) is 0.852. The number of aryl methyl sites for hydroxylation is 1. The van der Waals surface area contributed by atoms with E-state index in [-0.39, 0.29) is 18.1 Å². The zero-order valence-corrected chi connectivity index (χ0v) is 14.1. The van der Waals surface area contributed by atoms with Crippen LogP contribution in [0.5, 0.6) is 5.75 Å². The summed E-state index contributed by atoms with van der Waals surface area (Å²) in [6.07, 6.45) is 0.821. The molecule has 0 aromatic heterocycles. The lowest BCUT2D eigenvalue weighted by atomic mass is 10.1. The fourth-order valence-corrected chi connectivity index (χ4v) is 3.74. The van der Waals surface area contributed by atoms with Gasteiger partial charge in [0.2, 0.25) is 5.91 Å². The zero-order valence-electron chi connectivity index (χ0n) is 14.1. The smallest absolute Gasteiger partial charge is 0.244 e. The van der Waals surface area contributed by atoms with Crippen LogP contribution in [0.4, 0.5) is 5.69 Å². The number of likely N-dealkylation sites (tertiary alicyclic amines) is 1. The average Bonchev–Trinajstić information content (AvgIpc) is 2.99. The predicted molar refractivity (Wildman–Crippen MR) is 94.3 cm³/mol. The molecule has 2 aliphatic heterocycles. The highest BCUT2D eigenvalue weighted by Crippen LogP contribution is 2.35. The van der Waals surface area contributed by atoms with Gasteiger partial charge in [-0.15, -0.1) is 0 Å². The lowest BCUT2D eigenvalue weighted by Gasteiger charge is -2.29. The highest BCUT2D eigenvalue weighted by Gasteiger charge is 2.41. The Kier molecular flexibility index (Phi) is 3.77. The highest BCUT2D eigenvalue weighted by atomic mass is 16.5. The summed E-state index contributed by atoms with van der Waals surface area (Å²) in [5.41, 5.74) is 3.39. The second kappa shape index (κ2) is 5.95. The molecule has 2 heterocycles. The monoisotopic (exact) mass is 322 g/mol. The van der Waals surface area contributed by atoms with Crippen LogP contribution in [-0.4, -0.2) is 36.5 Å². The molecule has 0 saturated carbocycles. The van der Waals surface area contributed by atoms with Gasteiger partial charge in [0, 0.05) is 26.6 Å². The molecule has 0 spiro atoms. The van der Waals surface area contributed by atoms with Crippen LogP contribution in [0.25, 0.3) is 0 Å². The number of rotatable bonds is 2. The van der Waals surface area contributed by atoms with Crippen LogP contribution in [0.1, 0.15) is 17.5 Å². The minimum absolute atomic E-state index is 0.0674. The first-order valence-electron chi connectivity index (χ1n) is 8.45. The van der Waals surface area contributed by atoms with Crippen molar-refractivity contribution in [2.45, 2.75) is 32.0 Å². The summed E-state index contributed by atoms with van der Waals surface area (Å²) >= 11 is 0. The number of likely N-dealkylation sites (N-methyl/N-ethyl adjacent to an activating group) is 1. The first-order valence-corrected chi connectivity index (χ1v) is 8.45. The Morgan fingerprint density at radius 2 is 1.88 bits per heavy atom. The standard InChI is InChI=1S/C20H22N2O2/c1-14-7-3-4-8-15(14)12-22-13-16-11-18(22)20(23)21(2)17-9-5-6-10-19(17)24-16/h3-10,16,18H,11-13H2,1-2H3. The van der Waals surface area contributed by atoms with Crippen LogP contribution in [0.2, 0.25) is 0 Å². The van der Waals surface area contributed by atoms with E-state index in [1.165, 1.54) is 11.1 Å². The van der Waals surface area contributed by atoms with Gasteiger partial charge in [0.15, 0.2) is 0 Å². The van der Waals surface area contributed by atoms with Crippen LogP contribution in [0, 0.1) is 6.92 Å². The molecule has 24 heavy (non-hydrogen) atoms. The Hall–Kier alpha value is -2.33. The number of hydrogen-bond acceptors (Lipinski definition) is 3. The van der Waals surface area contributed by atoms with Crippen molar-refractivity contribution >= 4 is 11.6 Å². The van der Waals surface area contributed by atoms with Gasteiger partial charge in [-0.1, -0.05) is 36.4 Å². The van der Waals surface area contributed by atoms with Crippen LogP contribution in [0.15, 0.2) is 48.5 Å². The molecule has 4 rings (SSSR count). The molecule has 2 atom stereocenters. The molecule has 0 radical (unpaired) electrons. The number of nitrogens with zero attached hydrogens (tertiary/aromatic N) is 2. The van der Waals surface area contributed by atoms with Gasteiger partial charge in [0.05, 0.1) is 11.7 Å². The lowest BCUT2D eigenvalue weighted by molar-refractivity contribution is -0.122. The van der Waals surface area contributed by atoms with E-state index >= 15 is 0 Å². The molecule has 1 amide bonds. The first-order chi connectivity index (χ1) is 11.6. The Labute approximate surface area is 142 Å². The maximum Gasteiger partial charge on any atom is 0.244 e. The number of para-hydroxylation sites is 2. The number of benzene rings is 2. The van der Waals surface area contributed by atoms with E-state index in [0.717, 1.165) is 30.9 Å². The summed E-state index contributed by atoms with van der Waals surface area (Å²) in [5.74, 6) is 0.955. The molecule has 2 aliphatic rings. The van der Waals surface area contributed by atoms with Crippen molar-refractivity contribution in [3.8, 4) is 5.75 Å². The number of fused-ring (bicyclic) bond motifs is 3. The molecule has 2 unspecified atom stereocenters. The average molecular weight is 322 g/mol. The Morgan fingerprint density at radius 3 is 2.71 bits per heavy atom. The molecule has 1 saturated heterocycles. The number of hydrogen-bond donors (Lipinski definition) is 0. The van der Waals surface area contributed by atoms with Crippen LogP contribution in [-0.2, 0) is 11.3 Å². The summed E-state index contributed by atoms with van der Waals surface area (Å²) in [5, 5.41) is 0. The van der Waals surface area contributed by atoms with Gasteiger partial charge in [-0.25, -0.2) is 0 Å². The largest absolute Gasteiger partial charge is 0.487 e. The van der Waals surface area contributed by atoms with Crippen molar-refractivity contribution in [1.29, 1.82) is 0 Å². The fourth-order valence-electron chi connectivity index (χ4n) is 3.74. The zero-order chi connectivity index (χ0) is 16.7. The predicted octanol–water partition coefficient (Wildman–Crippen LogP) is 2.99. The minimum Gasteiger partial charge on any atom is -0.487 e. The maximum atomic E-state index is 13.0. The third-order valence-corrected chi connectivity index (χ3v) is 5.14. The summed E-state index contributed by atoms with van der Waals surface area (Å²) in [6.45, 7) is 3.69. The van der Waals surface area contributed by atoms with Crippen molar-refractivity contribution in [2.24, 2.45) is 0 Å². The molecular weight excluding hydrogens is 300 g/mol. The van der Waals surface area contributed by atoms with Crippen LogP contribution < -0.4 is 9.64 Å². The van der Waals surface area contributed by atoms with Gasteiger partial charge < -0.3 is 9.64 Å². The molecule has 1 fully saturated rings. The number of carbonyl (C=O) groups is 1. The van der Waals surface area contributed by atoms with E-state index < -0.39 is 0 Å². The summed E-state index contributed by atoms with van der Waals surface area (Å²) in [7, 11) is 1.84. The molecule has 0 N–H and O–H groups in total. The normalized spacial score (nSPS) is 23.4. The maximum absolute atomic E-state index is 13.0. The third kappa shape index (κ3) is 2.57. The van der Waals surface area contributed by atoms with E-state index in [0.29, 0.717) is 0 Å². The van der Waals surface area contributed by atoms with Crippen molar-refractivity contribution in [3.05, 3.63) is 59.7 Å². The molecule has 4 heteroatoms. The van der Waals surface area contributed by atoms with E-state index in [4.69, 9.17) is 4.74 Å². The summed E-state index contributed by atoms with van der Waals surface area (Å²) in [6, 6.07) is 16.1. The van der Waals surface area contributed by atoms with Crippen molar-refractivity contribution in [2.75, 3.05) is 18.5 Å². The number of carbonyl (C=O) groups excluding carboxylic acids is 1. The second-order valence-corrected chi connectivity index (χ2v) is 6.71. The Bertz CT molecular complexity index is 774. The second-order valence-electron chi connectivity index (χ2n) is 6.71. The van der Waals surface area contributed by atoms with Crippen molar-refractivity contribution in [3.63, 3.8) is 0 Å². The summed E-state index contributed by atoms with van der Waals surface area (Å²) in [4.78, 5) is 17.0. The van der Waals surface area contributed by atoms with E-state index in [9.17, 15) is 4.79 Å². The molecule has 4 nitrogen and oxygen atoms in total. The Balaban J connectivity index is 1.64. The number of ether oxygens (including phenoxy) is 1. The van der Waals surface area contributed by atoms with E-state index in [1.807, 2.05) is 31.3 Å². The van der Waals surface area contributed by atoms with Gasteiger partial charge >= 0.3 is 0 Å². The molecular formula is C20H22N2O2. The number of anilines is 1. The van der Waals surface area contributed by atoms with Gasteiger partial charge in [0.1, 0.15) is 11.9 Å². The van der Waals surface area contributed by atoms with Gasteiger partial charge in [0.25, 0.3) is 0 Å². The van der Waals surface area contributed by atoms with E-state index in [2.05, 4.69) is 36.1 Å². The van der Waals surface area contributed by atoms with E-state index in [1.54, 1.807) is 4.90 Å². The van der Waals surface area contributed by atoms with Gasteiger partial charge in [-0.2, -0.15) is 0 Å². The van der Waals surface area contributed by atoms with Crippen molar-refractivity contribution in [1.82, 2.24) is 4.90 Å². The molecule has 2 bridgehead atoms. The Morgan fingerprint density at radius 1 is 1.12 bits per heavy atom. The fraction of sp³-hybridized carbons (Fsp3) is 0.350. The molecule has 2 aromatic rings. The van der Waals surface area contributed by atoms with Crippen molar-refractivity contribution < 1.29 is 9.53 Å². The lowest BCUT2D eigenvalue weighted by Crippen LogP contribution is -2.44. The first kappa shape index (κ1) is 15.2. The SMILES string of the molecule is Cc1ccccc1CN1CC2CC1C(=O)N(C)c1ccccc1O2. The molecule has 124 valence electrons. The van der Waals surface area contributed by atoms with Crippen LogP contribution in [0.3, 0.4) is 0 Å². The van der Waals surface area contributed by atoms with Gasteiger partial charge in [-0.05, 0) is 30.2 Å². The molecule has 0 aliphatic carbocycles. The molecule has 2 aromatic carbocycles. The highest BCUT2D eigenvalue weighted by molar-refractivity contribution is 5.98. The van der Waals surface area contributed by atoms with Gasteiger partial charge in [-0.3, -0.25) is 9.69 Å². The minimum atomic E-state index is -0.118. The number of amides is 1. The topological polar surface area (TPSA) is 32.8 Å².